The molecule has 0 N–H and O–H groups in total. The van der Waals surface area contributed by atoms with Crippen LogP contribution in [-0.2, 0) is 0 Å². The quantitative estimate of drug-likeness (QED) is 0.851. The maximum absolute atomic E-state index is 13.0. The molecule has 1 amide bonds. The molecule has 0 aliphatic heterocycles. The fraction of sp³-hybridized carbons (Fsp3) is 0.286. The van der Waals surface area contributed by atoms with Crippen LogP contribution >= 0.6 is 11.3 Å². The lowest BCUT2D eigenvalue weighted by molar-refractivity contribution is 0.0768. The van der Waals surface area contributed by atoms with E-state index in [0.29, 0.717) is 24.6 Å². The first-order valence-corrected chi connectivity index (χ1v) is 7.00. The molecule has 0 fully saturated rings. The molecule has 0 aliphatic carbocycles. The molecule has 1 aromatic heterocycles. The topological polar surface area (TPSA) is 42.4 Å². The van der Waals surface area contributed by atoms with Crippen LogP contribution in [0.3, 0.4) is 0 Å². The van der Waals surface area contributed by atoms with E-state index in [1.807, 2.05) is 6.92 Å². The summed E-state index contributed by atoms with van der Waals surface area (Å²) >= 11 is 1.44. The Morgan fingerprint density at radius 3 is 2.95 bits per heavy atom. The van der Waals surface area contributed by atoms with Gasteiger partial charge in [-0.05, 0) is 19.1 Å². The van der Waals surface area contributed by atoms with Gasteiger partial charge in [-0.25, -0.2) is 9.37 Å². The van der Waals surface area contributed by atoms with Crippen LogP contribution in [0.5, 0.6) is 5.75 Å². The molecule has 2 aromatic rings. The smallest absolute Gasteiger partial charge is 0.273 e. The van der Waals surface area contributed by atoms with E-state index in [1.54, 1.807) is 24.6 Å². The van der Waals surface area contributed by atoms with Gasteiger partial charge in [-0.15, -0.1) is 11.3 Å². The van der Waals surface area contributed by atoms with E-state index < -0.39 is 0 Å². The minimum absolute atomic E-state index is 0.141. The molecule has 0 saturated carbocycles. The third kappa shape index (κ3) is 3.77. The summed E-state index contributed by atoms with van der Waals surface area (Å²) in [6.45, 7) is 2.56. The van der Waals surface area contributed by atoms with Gasteiger partial charge in [0.2, 0.25) is 0 Å². The largest absolute Gasteiger partial charge is 0.492 e. The molecular weight excluding hydrogens is 279 g/mol. The first kappa shape index (κ1) is 14.5. The third-order valence-corrected chi connectivity index (χ3v) is 3.45. The molecule has 20 heavy (non-hydrogen) atoms. The van der Waals surface area contributed by atoms with E-state index >= 15 is 0 Å². The van der Waals surface area contributed by atoms with E-state index in [-0.39, 0.29) is 11.7 Å². The summed E-state index contributed by atoms with van der Waals surface area (Å²) in [5, 5.41) is 2.60. The summed E-state index contributed by atoms with van der Waals surface area (Å²) in [6.07, 6.45) is 0. The zero-order chi connectivity index (χ0) is 14.5. The van der Waals surface area contributed by atoms with E-state index in [0.717, 1.165) is 5.01 Å². The predicted octanol–water partition coefficient (Wildman–Crippen LogP) is 2.74. The Labute approximate surface area is 120 Å². The van der Waals surface area contributed by atoms with Gasteiger partial charge in [0.15, 0.2) is 0 Å². The standard InChI is InChI=1S/C14H15FN2O2S/c1-10-16-13(9-20-10)14(18)17(2)6-7-19-12-5-3-4-11(15)8-12/h3-5,8-9H,6-7H2,1-2H3. The number of halogens is 1. The normalized spacial score (nSPS) is 10.3. The molecular formula is C14H15FN2O2S. The van der Waals surface area contributed by atoms with Gasteiger partial charge in [0, 0.05) is 18.5 Å². The average Bonchev–Trinajstić information content (AvgIpc) is 2.84. The molecule has 1 heterocycles. The Hall–Kier alpha value is -1.95. The number of carbonyl (C=O) groups excluding carboxylic acids is 1. The third-order valence-electron chi connectivity index (χ3n) is 2.68. The van der Waals surface area contributed by atoms with Crippen LogP contribution in [0.4, 0.5) is 4.39 Å². The Morgan fingerprint density at radius 1 is 1.50 bits per heavy atom. The van der Waals surface area contributed by atoms with Crippen molar-refractivity contribution in [1.29, 1.82) is 0 Å². The SMILES string of the molecule is Cc1nc(C(=O)N(C)CCOc2cccc(F)c2)cs1. The molecule has 0 spiro atoms. The molecule has 0 bridgehead atoms. The Bertz CT molecular complexity index is 600. The van der Waals surface area contributed by atoms with E-state index in [1.165, 1.54) is 28.4 Å². The van der Waals surface area contributed by atoms with E-state index in [9.17, 15) is 9.18 Å². The number of aryl methyl sites for hydroxylation is 1. The van der Waals surface area contributed by atoms with Crippen molar-refractivity contribution in [1.82, 2.24) is 9.88 Å². The van der Waals surface area contributed by atoms with Gasteiger partial charge < -0.3 is 9.64 Å². The zero-order valence-corrected chi connectivity index (χ0v) is 12.1. The molecule has 0 atom stereocenters. The maximum atomic E-state index is 13.0. The average molecular weight is 294 g/mol. The summed E-state index contributed by atoms with van der Waals surface area (Å²) in [7, 11) is 1.69. The maximum Gasteiger partial charge on any atom is 0.273 e. The van der Waals surface area contributed by atoms with Crippen LogP contribution in [0.25, 0.3) is 0 Å². The summed E-state index contributed by atoms with van der Waals surface area (Å²) in [5.41, 5.74) is 0.445. The van der Waals surface area contributed by atoms with Crippen molar-refractivity contribution in [3.05, 3.63) is 46.2 Å². The fourth-order valence-electron chi connectivity index (χ4n) is 1.62. The molecule has 0 saturated heterocycles. The number of benzene rings is 1. The molecule has 4 nitrogen and oxygen atoms in total. The van der Waals surface area contributed by atoms with Crippen molar-refractivity contribution >= 4 is 17.2 Å². The van der Waals surface area contributed by atoms with E-state index in [2.05, 4.69) is 4.98 Å². The Morgan fingerprint density at radius 2 is 2.30 bits per heavy atom. The van der Waals surface area contributed by atoms with Crippen LogP contribution in [-0.4, -0.2) is 36.0 Å². The van der Waals surface area contributed by atoms with Crippen molar-refractivity contribution < 1.29 is 13.9 Å². The van der Waals surface area contributed by atoms with Gasteiger partial charge in [-0.3, -0.25) is 4.79 Å². The van der Waals surface area contributed by atoms with Crippen LogP contribution in [0.1, 0.15) is 15.5 Å². The molecule has 1 aromatic carbocycles. The molecule has 106 valence electrons. The van der Waals surface area contributed by atoms with Gasteiger partial charge in [0.25, 0.3) is 5.91 Å². The first-order valence-electron chi connectivity index (χ1n) is 6.12. The van der Waals surface area contributed by atoms with Crippen LogP contribution in [0.2, 0.25) is 0 Å². The number of ether oxygens (including phenoxy) is 1. The van der Waals surface area contributed by atoms with Gasteiger partial charge >= 0.3 is 0 Å². The van der Waals surface area contributed by atoms with Crippen molar-refractivity contribution in [2.45, 2.75) is 6.92 Å². The highest BCUT2D eigenvalue weighted by atomic mass is 32.1. The lowest BCUT2D eigenvalue weighted by Crippen LogP contribution is -2.31. The first-order chi connectivity index (χ1) is 9.56. The number of amides is 1. The second-order valence-electron chi connectivity index (χ2n) is 4.28. The summed E-state index contributed by atoms with van der Waals surface area (Å²) < 4.78 is 18.4. The van der Waals surface area contributed by atoms with Crippen molar-refractivity contribution in [2.24, 2.45) is 0 Å². The number of aromatic nitrogens is 1. The number of likely N-dealkylation sites (N-methyl/N-ethyl adjacent to an activating group) is 1. The summed E-state index contributed by atoms with van der Waals surface area (Å²) in [5.74, 6) is -0.0302. The number of hydrogen-bond acceptors (Lipinski definition) is 4. The molecule has 0 radical (unpaired) electrons. The number of rotatable bonds is 5. The van der Waals surface area contributed by atoms with Gasteiger partial charge in [-0.2, -0.15) is 0 Å². The summed E-state index contributed by atoms with van der Waals surface area (Å²) in [4.78, 5) is 17.7. The summed E-state index contributed by atoms with van der Waals surface area (Å²) in [6, 6.07) is 5.92. The minimum Gasteiger partial charge on any atom is -0.492 e. The van der Waals surface area contributed by atoms with Crippen molar-refractivity contribution in [2.75, 3.05) is 20.2 Å². The number of hydrogen-bond donors (Lipinski definition) is 0. The second kappa shape index (κ2) is 6.47. The van der Waals surface area contributed by atoms with Crippen LogP contribution < -0.4 is 4.74 Å². The van der Waals surface area contributed by atoms with Gasteiger partial charge in [-0.1, -0.05) is 6.07 Å². The van der Waals surface area contributed by atoms with Gasteiger partial charge in [0.05, 0.1) is 11.6 Å². The highest BCUT2D eigenvalue weighted by molar-refractivity contribution is 7.09. The fourth-order valence-corrected chi connectivity index (χ4v) is 2.20. The molecule has 0 aliphatic rings. The lowest BCUT2D eigenvalue weighted by atomic mass is 10.3. The molecule has 0 unspecified atom stereocenters. The Kier molecular flexibility index (Phi) is 4.68. The number of thiazole rings is 1. The van der Waals surface area contributed by atoms with Crippen LogP contribution in [0, 0.1) is 12.7 Å². The zero-order valence-electron chi connectivity index (χ0n) is 11.3. The molecule has 6 heteroatoms. The monoisotopic (exact) mass is 294 g/mol. The van der Waals surface area contributed by atoms with Crippen molar-refractivity contribution in [3.63, 3.8) is 0 Å². The predicted molar refractivity (Wildman–Crippen MR) is 75.7 cm³/mol. The minimum atomic E-state index is -0.343. The highest BCUT2D eigenvalue weighted by Gasteiger charge is 2.14. The van der Waals surface area contributed by atoms with E-state index in [4.69, 9.17) is 4.74 Å². The lowest BCUT2D eigenvalue weighted by Gasteiger charge is -2.16. The highest BCUT2D eigenvalue weighted by Crippen LogP contribution is 2.12. The number of nitrogens with zero attached hydrogens (tertiary/aromatic N) is 2. The second-order valence-corrected chi connectivity index (χ2v) is 5.35. The molecule has 2 rings (SSSR count). The van der Waals surface area contributed by atoms with Crippen molar-refractivity contribution in [3.8, 4) is 5.75 Å². The van der Waals surface area contributed by atoms with Crippen LogP contribution in [0.15, 0.2) is 29.6 Å². The number of carbonyl (C=O) groups is 1. The van der Waals surface area contributed by atoms with Gasteiger partial charge in [0.1, 0.15) is 23.9 Å². The Balaban J connectivity index is 1.83.